The molecule has 1 aliphatic rings. The van der Waals surface area contributed by atoms with E-state index in [9.17, 15) is 8.42 Å². The Morgan fingerprint density at radius 3 is 2.78 bits per heavy atom. The van der Waals surface area contributed by atoms with E-state index in [1.165, 1.54) is 0 Å². The highest BCUT2D eigenvalue weighted by molar-refractivity contribution is 7.91. The van der Waals surface area contributed by atoms with Crippen molar-refractivity contribution in [3.8, 4) is 0 Å². The molecular formula is C16H21N3O3S. The van der Waals surface area contributed by atoms with E-state index >= 15 is 0 Å². The van der Waals surface area contributed by atoms with Gasteiger partial charge in [-0.15, -0.1) is 0 Å². The Bertz CT molecular complexity index is 743. The molecule has 0 aliphatic carbocycles. The van der Waals surface area contributed by atoms with Gasteiger partial charge >= 0.3 is 0 Å². The van der Waals surface area contributed by atoms with Crippen molar-refractivity contribution in [2.45, 2.75) is 30.6 Å². The van der Waals surface area contributed by atoms with E-state index < -0.39 is 9.84 Å². The minimum atomic E-state index is -3.23. The lowest BCUT2D eigenvalue weighted by molar-refractivity contribution is 0.212. The average molecular weight is 335 g/mol. The maximum atomic E-state index is 12.4. The summed E-state index contributed by atoms with van der Waals surface area (Å²) in [6.07, 6.45) is 2.03. The number of piperidine rings is 1. The van der Waals surface area contributed by atoms with E-state index in [-0.39, 0.29) is 11.7 Å². The molecule has 3 rings (SSSR count). The number of likely N-dealkylation sites (tertiary alicyclic amines) is 1. The maximum Gasteiger partial charge on any atom is 0.223 e. The van der Waals surface area contributed by atoms with Crippen molar-refractivity contribution in [1.29, 1.82) is 0 Å². The third-order valence-corrected chi connectivity index (χ3v) is 5.90. The lowest BCUT2D eigenvalue weighted by atomic mass is 9.97. The van der Waals surface area contributed by atoms with Crippen LogP contribution >= 0.6 is 0 Å². The molecule has 1 fully saturated rings. The zero-order chi connectivity index (χ0) is 16.3. The number of hydrogen-bond donors (Lipinski definition) is 0. The monoisotopic (exact) mass is 335 g/mol. The van der Waals surface area contributed by atoms with Crippen LogP contribution in [0.2, 0.25) is 0 Å². The Labute approximate surface area is 136 Å². The molecule has 1 aromatic heterocycles. The van der Waals surface area contributed by atoms with E-state index in [0.717, 1.165) is 31.8 Å². The number of nitrogens with zero attached hydrogens (tertiary/aromatic N) is 3. The minimum absolute atomic E-state index is 0.134. The Balaban J connectivity index is 1.60. The number of aryl methyl sites for hydroxylation is 1. The number of aromatic nitrogens is 2. The van der Waals surface area contributed by atoms with Crippen LogP contribution in [-0.4, -0.2) is 48.8 Å². The van der Waals surface area contributed by atoms with Crippen molar-refractivity contribution in [2.24, 2.45) is 0 Å². The summed E-state index contributed by atoms with van der Waals surface area (Å²) in [6, 6.07) is 8.62. The second-order valence-corrected chi connectivity index (χ2v) is 8.05. The van der Waals surface area contributed by atoms with Crippen LogP contribution in [0.25, 0.3) is 0 Å². The van der Waals surface area contributed by atoms with Crippen molar-refractivity contribution in [2.75, 3.05) is 25.4 Å². The molecule has 0 saturated carbocycles. The van der Waals surface area contributed by atoms with Gasteiger partial charge in [0.25, 0.3) is 0 Å². The van der Waals surface area contributed by atoms with Gasteiger partial charge in [-0.1, -0.05) is 23.4 Å². The summed E-state index contributed by atoms with van der Waals surface area (Å²) in [5.41, 5.74) is 0. The predicted molar refractivity (Wildman–Crippen MR) is 85.9 cm³/mol. The fourth-order valence-electron chi connectivity index (χ4n) is 2.95. The summed E-state index contributed by atoms with van der Waals surface area (Å²) in [5, 5.41) is 4.00. The first-order chi connectivity index (χ1) is 11.0. The first-order valence-corrected chi connectivity index (χ1v) is 9.50. The van der Waals surface area contributed by atoms with Crippen molar-refractivity contribution in [3.63, 3.8) is 0 Å². The van der Waals surface area contributed by atoms with Crippen LogP contribution in [-0.2, 0) is 9.84 Å². The van der Waals surface area contributed by atoms with E-state index in [1.54, 1.807) is 31.2 Å². The van der Waals surface area contributed by atoms with E-state index in [4.69, 9.17) is 4.52 Å². The summed E-state index contributed by atoms with van der Waals surface area (Å²) >= 11 is 0. The van der Waals surface area contributed by atoms with Gasteiger partial charge in [-0.3, -0.25) is 0 Å². The molecule has 1 atom stereocenters. The Hall–Kier alpha value is -1.73. The molecule has 7 heteroatoms. The molecule has 2 heterocycles. The molecule has 1 aromatic carbocycles. The summed E-state index contributed by atoms with van der Waals surface area (Å²) in [7, 11) is -3.23. The zero-order valence-corrected chi connectivity index (χ0v) is 14.0. The highest BCUT2D eigenvalue weighted by Crippen LogP contribution is 2.25. The lowest BCUT2D eigenvalue weighted by Crippen LogP contribution is -2.37. The van der Waals surface area contributed by atoms with Crippen molar-refractivity contribution < 1.29 is 12.9 Å². The van der Waals surface area contributed by atoms with Gasteiger partial charge in [-0.25, -0.2) is 8.42 Å². The van der Waals surface area contributed by atoms with E-state index in [0.29, 0.717) is 17.3 Å². The van der Waals surface area contributed by atoms with Crippen molar-refractivity contribution >= 4 is 9.84 Å². The van der Waals surface area contributed by atoms with Gasteiger partial charge in [0.15, 0.2) is 15.7 Å². The highest BCUT2D eigenvalue weighted by atomic mass is 32.2. The second-order valence-electron chi connectivity index (χ2n) is 5.94. The molecule has 0 bridgehead atoms. The molecule has 0 spiro atoms. The fraction of sp³-hybridized carbons (Fsp3) is 0.500. The Morgan fingerprint density at radius 2 is 2.09 bits per heavy atom. The average Bonchev–Trinajstić information content (AvgIpc) is 3.01. The molecule has 124 valence electrons. The van der Waals surface area contributed by atoms with Crippen LogP contribution in [0.15, 0.2) is 39.8 Å². The SMILES string of the molecule is Cc1nc(C2CCCN(CCS(=O)(=O)c3ccccc3)C2)no1. The summed E-state index contributed by atoms with van der Waals surface area (Å²) in [6.45, 7) is 4.01. The van der Waals surface area contributed by atoms with Crippen LogP contribution in [0.1, 0.15) is 30.5 Å². The first-order valence-electron chi connectivity index (χ1n) is 7.85. The molecule has 6 nitrogen and oxygen atoms in total. The smallest absolute Gasteiger partial charge is 0.223 e. The van der Waals surface area contributed by atoms with Crippen LogP contribution in [0.3, 0.4) is 0 Å². The summed E-state index contributed by atoms with van der Waals surface area (Å²) in [5.74, 6) is 1.66. The van der Waals surface area contributed by atoms with Gasteiger partial charge in [0.05, 0.1) is 10.6 Å². The van der Waals surface area contributed by atoms with E-state index in [1.807, 2.05) is 6.07 Å². The standard InChI is InChI=1S/C16H21N3O3S/c1-13-17-16(18-22-13)14-6-5-9-19(12-14)10-11-23(20,21)15-7-3-2-4-8-15/h2-4,7-8,14H,5-6,9-12H2,1H3. The molecular weight excluding hydrogens is 314 g/mol. The molecule has 0 N–H and O–H groups in total. The molecule has 2 aromatic rings. The van der Waals surface area contributed by atoms with Gasteiger partial charge in [-0.2, -0.15) is 4.98 Å². The number of hydrogen-bond acceptors (Lipinski definition) is 6. The van der Waals surface area contributed by atoms with Crippen molar-refractivity contribution in [3.05, 3.63) is 42.0 Å². The third kappa shape index (κ3) is 3.97. The molecule has 1 unspecified atom stereocenters. The third-order valence-electron chi connectivity index (χ3n) is 4.19. The molecule has 1 aliphatic heterocycles. The summed E-state index contributed by atoms with van der Waals surface area (Å²) in [4.78, 5) is 6.87. The van der Waals surface area contributed by atoms with Gasteiger partial charge in [0.2, 0.25) is 5.89 Å². The Kier molecular flexibility index (Phi) is 4.77. The van der Waals surface area contributed by atoms with Crippen molar-refractivity contribution in [1.82, 2.24) is 15.0 Å². The lowest BCUT2D eigenvalue weighted by Gasteiger charge is -2.31. The quantitative estimate of drug-likeness (QED) is 0.832. The number of rotatable bonds is 5. The van der Waals surface area contributed by atoms with Gasteiger partial charge in [0, 0.05) is 25.9 Å². The molecule has 0 radical (unpaired) electrons. The number of sulfone groups is 1. The van der Waals surface area contributed by atoms with Crippen LogP contribution < -0.4 is 0 Å². The molecule has 1 saturated heterocycles. The first kappa shape index (κ1) is 16.1. The molecule has 23 heavy (non-hydrogen) atoms. The van der Waals surface area contributed by atoms with Crippen LogP contribution in [0, 0.1) is 6.92 Å². The van der Waals surface area contributed by atoms with E-state index in [2.05, 4.69) is 15.0 Å². The summed E-state index contributed by atoms with van der Waals surface area (Å²) < 4.78 is 29.8. The topological polar surface area (TPSA) is 76.3 Å². The Morgan fingerprint density at radius 1 is 1.30 bits per heavy atom. The van der Waals surface area contributed by atoms with Gasteiger partial charge in [-0.05, 0) is 31.5 Å². The van der Waals surface area contributed by atoms with Gasteiger partial charge < -0.3 is 9.42 Å². The molecule has 0 amide bonds. The van der Waals surface area contributed by atoms with Crippen LogP contribution in [0.4, 0.5) is 0 Å². The zero-order valence-electron chi connectivity index (χ0n) is 13.2. The second kappa shape index (κ2) is 6.80. The highest BCUT2D eigenvalue weighted by Gasteiger charge is 2.26. The number of benzene rings is 1. The van der Waals surface area contributed by atoms with Crippen LogP contribution in [0.5, 0.6) is 0 Å². The normalized spacial score (nSPS) is 19.8. The largest absolute Gasteiger partial charge is 0.340 e. The van der Waals surface area contributed by atoms with Gasteiger partial charge in [0.1, 0.15) is 0 Å². The minimum Gasteiger partial charge on any atom is -0.340 e. The maximum absolute atomic E-state index is 12.4. The fourth-order valence-corrected chi connectivity index (χ4v) is 4.25. The predicted octanol–water partition coefficient (Wildman–Crippen LogP) is 2.03.